The van der Waals surface area contributed by atoms with Crippen molar-refractivity contribution >= 4 is 0 Å². The van der Waals surface area contributed by atoms with Gasteiger partial charge in [-0.1, -0.05) is 42.0 Å². The van der Waals surface area contributed by atoms with Gasteiger partial charge >= 0.3 is 0 Å². The Labute approximate surface area is 105 Å². The number of benzene rings is 2. The van der Waals surface area contributed by atoms with Crippen LogP contribution in [0.15, 0.2) is 42.5 Å². The first-order valence-electron chi connectivity index (χ1n) is 5.83. The molecule has 1 nitrogen and oxygen atoms in total. The molecule has 0 amide bonds. The molecule has 0 saturated carbocycles. The van der Waals surface area contributed by atoms with Gasteiger partial charge in [0.15, 0.2) is 11.6 Å². The Morgan fingerprint density at radius 3 is 2.56 bits per heavy atom. The quantitative estimate of drug-likeness (QED) is 0.882. The zero-order valence-electron chi connectivity index (χ0n) is 10.2. The highest BCUT2D eigenvalue weighted by Crippen LogP contribution is 2.20. The summed E-state index contributed by atoms with van der Waals surface area (Å²) >= 11 is 0. The minimum atomic E-state index is -0.830. The van der Waals surface area contributed by atoms with Crippen LogP contribution in [0.5, 0.6) is 0 Å². The van der Waals surface area contributed by atoms with E-state index in [2.05, 4.69) is 0 Å². The third-order valence-corrected chi connectivity index (χ3v) is 2.94. The summed E-state index contributed by atoms with van der Waals surface area (Å²) < 4.78 is 26.6. The van der Waals surface area contributed by atoms with Gasteiger partial charge in [0.1, 0.15) is 0 Å². The number of hydrogen-bond donors (Lipinski definition) is 1. The lowest BCUT2D eigenvalue weighted by Crippen LogP contribution is -2.14. The van der Waals surface area contributed by atoms with Gasteiger partial charge < -0.3 is 5.73 Å². The molecule has 1 unspecified atom stereocenters. The second-order valence-electron chi connectivity index (χ2n) is 4.44. The predicted octanol–water partition coefficient (Wildman–Crippen LogP) is 3.52. The van der Waals surface area contributed by atoms with E-state index in [-0.39, 0.29) is 12.5 Å². The van der Waals surface area contributed by atoms with Crippen LogP contribution >= 0.6 is 0 Å². The predicted molar refractivity (Wildman–Crippen MR) is 68.2 cm³/mol. The van der Waals surface area contributed by atoms with Gasteiger partial charge in [-0.2, -0.15) is 0 Å². The SMILES string of the molecule is Cc1cccc(C(N)Cc2cccc(F)c2F)c1. The van der Waals surface area contributed by atoms with E-state index in [1.165, 1.54) is 6.07 Å². The van der Waals surface area contributed by atoms with E-state index < -0.39 is 11.6 Å². The lowest BCUT2D eigenvalue weighted by molar-refractivity contribution is 0.494. The Morgan fingerprint density at radius 1 is 1.11 bits per heavy atom. The van der Waals surface area contributed by atoms with E-state index in [1.807, 2.05) is 31.2 Å². The second kappa shape index (κ2) is 5.27. The van der Waals surface area contributed by atoms with E-state index >= 15 is 0 Å². The first-order chi connectivity index (χ1) is 8.58. The normalized spacial score (nSPS) is 12.4. The van der Waals surface area contributed by atoms with E-state index in [4.69, 9.17) is 5.73 Å². The maximum Gasteiger partial charge on any atom is 0.162 e. The minimum Gasteiger partial charge on any atom is -0.324 e. The molecule has 2 N–H and O–H groups in total. The van der Waals surface area contributed by atoms with Crippen molar-refractivity contribution < 1.29 is 8.78 Å². The minimum absolute atomic E-state index is 0.285. The summed E-state index contributed by atoms with van der Waals surface area (Å²) in [6, 6.07) is 11.6. The molecule has 0 spiro atoms. The molecule has 0 aliphatic rings. The summed E-state index contributed by atoms with van der Waals surface area (Å²) in [5.74, 6) is -1.63. The Balaban J connectivity index is 2.21. The van der Waals surface area contributed by atoms with Gasteiger partial charge in [-0.05, 0) is 30.5 Å². The highest BCUT2D eigenvalue weighted by molar-refractivity contribution is 5.28. The average molecular weight is 247 g/mol. The molecule has 0 aliphatic carbocycles. The zero-order chi connectivity index (χ0) is 13.1. The Hall–Kier alpha value is -1.74. The van der Waals surface area contributed by atoms with Crippen molar-refractivity contribution in [3.05, 3.63) is 70.8 Å². The molecule has 0 heterocycles. The summed E-state index contributed by atoms with van der Waals surface area (Å²) in [5, 5.41) is 0. The molecule has 1 atom stereocenters. The van der Waals surface area contributed by atoms with Gasteiger partial charge in [0.05, 0.1) is 0 Å². The van der Waals surface area contributed by atoms with E-state index in [0.29, 0.717) is 5.56 Å². The third kappa shape index (κ3) is 2.74. The van der Waals surface area contributed by atoms with Gasteiger partial charge in [0.25, 0.3) is 0 Å². The van der Waals surface area contributed by atoms with Gasteiger partial charge in [-0.25, -0.2) is 8.78 Å². The standard InChI is InChI=1S/C15H15F2N/c1-10-4-2-5-11(8-10)14(18)9-12-6-3-7-13(16)15(12)17/h2-8,14H,9,18H2,1H3. The monoisotopic (exact) mass is 247 g/mol. The molecule has 2 aromatic carbocycles. The summed E-state index contributed by atoms with van der Waals surface area (Å²) in [5.41, 5.74) is 8.36. The number of nitrogens with two attached hydrogens (primary N) is 1. The van der Waals surface area contributed by atoms with Crippen molar-refractivity contribution in [1.29, 1.82) is 0 Å². The van der Waals surface area contributed by atoms with Gasteiger partial charge in [-0.15, -0.1) is 0 Å². The molecule has 2 aromatic rings. The number of halogens is 2. The summed E-state index contributed by atoms with van der Waals surface area (Å²) in [4.78, 5) is 0. The Morgan fingerprint density at radius 2 is 1.83 bits per heavy atom. The van der Waals surface area contributed by atoms with E-state index in [0.717, 1.165) is 17.2 Å². The molecule has 18 heavy (non-hydrogen) atoms. The van der Waals surface area contributed by atoms with E-state index in [1.54, 1.807) is 6.07 Å². The van der Waals surface area contributed by atoms with Crippen LogP contribution in [0.3, 0.4) is 0 Å². The van der Waals surface area contributed by atoms with Crippen LogP contribution in [-0.2, 0) is 6.42 Å². The Bertz CT molecular complexity index is 552. The van der Waals surface area contributed by atoms with Crippen LogP contribution in [0.2, 0.25) is 0 Å². The molecule has 0 fully saturated rings. The van der Waals surface area contributed by atoms with Crippen LogP contribution in [0.4, 0.5) is 8.78 Å². The van der Waals surface area contributed by atoms with E-state index in [9.17, 15) is 8.78 Å². The van der Waals surface area contributed by atoms with Crippen molar-refractivity contribution in [2.45, 2.75) is 19.4 Å². The van der Waals surface area contributed by atoms with Gasteiger partial charge in [0, 0.05) is 6.04 Å². The molecular formula is C15H15F2N. The molecule has 94 valence electrons. The maximum absolute atomic E-state index is 13.5. The summed E-state index contributed by atoms with van der Waals surface area (Å²) in [7, 11) is 0. The zero-order valence-corrected chi connectivity index (χ0v) is 10.2. The smallest absolute Gasteiger partial charge is 0.162 e. The number of rotatable bonds is 3. The molecule has 3 heteroatoms. The first kappa shape index (κ1) is 12.7. The fourth-order valence-electron chi connectivity index (χ4n) is 1.96. The van der Waals surface area contributed by atoms with Crippen molar-refractivity contribution in [2.75, 3.05) is 0 Å². The lowest BCUT2D eigenvalue weighted by Gasteiger charge is -2.13. The molecule has 0 aliphatic heterocycles. The van der Waals surface area contributed by atoms with Gasteiger partial charge in [-0.3, -0.25) is 0 Å². The summed E-state index contributed by atoms with van der Waals surface area (Å²) in [6.45, 7) is 1.97. The molecular weight excluding hydrogens is 232 g/mol. The van der Waals surface area contributed by atoms with Crippen molar-refractivity contribution in [3.8, 4) is 0 Å². The fraction of sp³-hybridized carbons (Fsp3) is 0.200. The van der Waals surface area contributed by atoms with Crippen LogP contribution in [0, 0.1) is 18.6 Å². The molecule has 0 radical (unpaired) electrons. The average Bonchev–Trinajstić information content (AvgIpc) is 2.35. The van der Waals surface area contributed by atoms with Crippen LogP contribution < -0.4 is 5.73 Å². The Kier molecular flexibility index (Phi) is 3.72. The van der Waals surface area contributed by atoms with Crippen molar-refractivity contribution in [2.24, 2.45) is 5.73 Å². The number of hydrogen-bond acceptors (Lipinski definition) is 1. The largest absolute Gasteiger partial charge is 0.324 e. The van der Waals surface area contributed by atoms with Crippen LogP contribution in [0.1, 0.15) is 22.7 Å². The summed E-state index contributed by atoms with van der Waals surface area (Å²) in [6.07, 6.45) is 0.285. The van der Waals surface area contributed by atoms with Crippen molar-refractivity contribution in [3.63, 3.8) is 0 Å². The second-order valence-corrected chi connectivity index (χ2v) is 4.44. The fourth-order valence-corrected chi connectivity index (χ4v) is 1.96. The molecule has 0 bridgehead atoms. The third-order valence-electron chi connectivity index (χ3n) is 2.94. The van der Waals surface area contributed by atoms with Crippen molar-refractivity contribution in [1.82, 2.24) is 0 Å². The molecule has 0 saturated heterocycles. The van der Waals surface area contributed by atoms with Crippen LogP contribution in [0.25, 0.3) is 0 Å². The van der Waals surface area contributed by atoms with Crippen LogP contribution in [-0.4, -0.2) is 0 Å². The highest BCUT2D eigenvalue weighted by Gasteiger charge is 2.12. The molecule has 2 rings (SSSR count). The highest BCUT2D eigenvalue weighted by atomic mass is 19.2. The first-order valence-corrected chi connectivity index (χ1v) is 5.83. The topological polar surface area (TPSA) is 26.0 Å². The lowest BCUT2D eigenvalue weighted by atomic mass is 9.98. The van der Waals surface area contributed by atoms with Gasteiger partial charge in [0.2, 0.25) is 0 Å². The molecule has 0 aromatic heterocycles. The maximum atomic E-state index is 13.5. The number of aryl methyl sites for hydroxylation is 1.